The number of aromatic nitrogens is 3. The summed E-state index contributed by atoms with van der Waals surface area (Å²) in [6.07, 6.45) is 0. The van der Waals surface area contributed by atoms with E-state index in [1.165, 1.54) is 86.5 Å². The van der Waals surface area contributed by atoms with Crippen LogP contribution in [0.2, 0.25) is 0 Å². The zero-order chi connectivity index (χ0) is 42.2. The first-order valence-electron chi connectivity index (χ1n) is 22.1. The van der Waals surface area contributed by atoms with Crippen LogP contribution in [0.15, 0.2) is 249 Å². The summed E-state index contributed by atoms with van der Waals surface area (Å²) >= 11 is 0. The molecule has 0 radical (unpaired) electrons. The number of hydrogen-bond donors (Lipinski definition) is 0. The highest BCUT2D eigenvalue weighted by molar-refractivity contribution is 7.19. The van der Waals surface area contributed by atoms with Crippen LogP contribution in [0, 0.1) is 0 Å². The van der Waals surface area contributed by atoms with E-state index in [9.17, 15) is 0 Å². The van der Waals surface area contributed by atoms with Crippen molar-refractivity contribution in [2.24, 2.45) is 0 Å². The lowest BCUT2D eigenvalue weighted by Gasteiger charge is -2.34. The molecule has 0 unspecified atom stereocenters. The molecule has 0 aliphatic carbocycles. The Morgan fingerprint density at radius 1 is 0.234 bits per heavy atom. The average molecular weight is 832 g/mol. The van der Waals surface area contributed by atoms with Crippen LogP contribution >= 0.6 is 0 Å². The van der Waals surface area contributed by atoms with E-state index in [4.69, 9.17) is 0 Å². The lowest BCUT2D eigenvalue weighted by molar-refractivity contribution is 1.15. The molecule has 0 N–H and O–H groups in total. The smallest absolute Gasteiger partial charge is 0.179 e. The van der Waals surface area contributed by atoms with Crippen LogP contribution in [0.3, 0.4) is 0 Å². The van der Waals surface area contributed by atoms with Gasteiger partial charge < -0.3 is 13.7 Å². The van der Waals surface area contributed by atoms with Gasteiger partial charge in [-0.15, -0.1) is 0 Å². The van der Waals surface area contributed by atoms with Gasteiger partial charge in [-0.05, 0) is 98.6 Å². The molecular weight excluding hydrogens is 791 g/mol. The van der Waals surface area contributed by atoms with Gasteiger partial charge >= 0.3 is 0 Å². The van der Waals surface area contributed by atoms with Crippen LogP contribution in [0.5, 0.6) is 0 Å². The minimum Gasteiger partial charge on any atom is -0.309 e. The fraction of sp³-hybridized carbons (Fsp3) is 0. The van der Waals surface area contributed by atoms with Gasteiger partial charge in [0.1, 0.15) is 0 Å². The first-order valence-corrected chi connectivity index (χ1v) is 24.1. The van der Waals surface area contributed by atoms with Gasteiger partial charge in [-0.25, -0.2) is 0 Å². The summed E-state index contributed by atoms with van der Waals surface area (Å²) in [5, 5.41) is 10.5. The molecule has 0 amide bonds. The topological polar surface area (TPSA) is 14.8 Å². The summed E-state index contributed by atoms with van der Waals surface area (Å²) in [6.45, 7) is 0. The Balaban J connectivity index is 1.02. The second-order valence-corrected chi connectivity index (χ2v) is 20.7. The largest absolute Gasteiger partial charge is 0.309 e. The van der Waals surface area contributed by atoms with Gasteiger partial charge in [-0.2, -0.15) is 0 Å². The summed E-state index contributed by atoms with van der Waals surface area (Å²) in [5.41, 5.74) is 13.1. The number of hydrogen-bond acceptors (Lipinski definition) is 0. The lowest BCUT2D eigenvalue weighted by Crippen LogP contribution is -2.74. The fourth-order valence-corrected chi connectivity index (χ4v) is 15.7. The highest BCUT2D eigenvalue weighted by Crippen LogP contribution is 2.43. The minimum atomic E-state index is -2.76. The molecule has 3 aromatic heterocycles. The third-order valence-electron chi connectivity index (χ3n) is 13.6. The molecule has 0 aliphatic rings. The van der Waals surface area contributed by atoms with E-state index in [0.29, 0.717) is 0 Å². The van der Waals surface area contributed by atoms with Crippen molar-refractivity contribution in [3.8, 4) is 28.2 Å². The second kappa shape index (κ2) is 14.5. The molecule has 0 saturated carbocycles. The average Bonchev–Trinajstić information content (AvgIpc) is 4.02. The monoisotopic (exact) mass is 831 g/mol. The number of rotatable bonds is 8. The van der Waals surface area contributed by atoms with E-state index < -0.39 is 8.07 Å². The van der Waals surface area contributed by atoms with Crippen LogP contribution in [0.25, 0.3) is 82.8 Å². The summed E-state index contributed by atoms with van der Waals surface area (Å²) in [4.78, 5) is 0. The van der Waals surface area contributed by atoms with Gasteiger partial charge in [0.15, 0.2) is 8.07 Å². The highest BCUT2D eigenvalue weighted by Gasteiger charge is 2.41. The van der Waals surface area contributed by atoms with E-state index in [1.54, 1.807) is 0 Å². The van der Waals surface area contributed by atoms with Crippen LogP contribution in [0.1, 0.15) is 0 Å². The molecule has 10 aromatic carbocycles. The van der Waals surface area contributed by atoms with Crippen molar-refractivity contribution in [2.75, 3.05) is 0 Å². The quantitative estimate of drug-likeness (QED) is 0.107. The maximum Gasteiger partial charge on any atom is 0.179 e. The van der Waals surface area contributed by atoms with Crippen molar-refractivity contribution >= 4 is 83.5 Å². The third-order valence-corrected chi connectivity index (χ3v) is 18.3. The Morgan fingerprint density at radius 2 is 0.625 bits per heavy atom. The lowest BCUT2D eigenvalue weighted by atomic mass is 10.1. The summed E-state index contributed by atoms with van der Waals surface area (Å²) < 4.78 is 7.40. The number of fused-ring (bicyclic) bond motifs is 3. The van der Waals surface area contributed by atoms with Crippen molar-refractivity contribution in [1.29, 1.82) is 0 Å². The molecule has 0 aliphatic heterocycles. The molecule has 13 aromatic rings. The summed E-state index contributed by atoms with van der Waals surface area (Å²) in [5.74, 6) is 0. The van der Waals surface area contributed by atoms with Crippen molar-refractivity contribution in [3.05, 3.63) is 249 Å². The molecule has 4 heteroatoms. The van der Waals surface area contributed by atoms with Crippen LogP contribution in [0.4, 0.5) is 0 Å². The Kier molecular flexibility index (Phi) is 8.23. The molecule has 3 nitrogen and oxygen atoms in total. The molecule has 0 bridgehead atoms. The Labute approximate surface area is 372 Å². The molecule has 0 spiro atoms. The predicted molar refractivity (Wildman–Crippen MR) is 272 cm³/mol. The molecule has 300 valence electrons. The fourth-order valence-electron chi connectivity index (χ4n) is 10.9. The molecule has 0 fully saturated rings. The van der Waals surface area contributed by atoms with Crippen molar-refractivity contribution in [2.45, 2.75) is 0 Å². The van der Waals surface area contributed by atoms with Gasteiger partial charge in [0.05, 0.1) is 33.1 Å². The maximum absolute atomic E-state index is 2.76. The normalized spacial score (nSPS) is 12.1. The van der Waals surface area contributed by atoms with Crippen molar-refractivity contribution in [1.82, 2.24) is 13.7 Å². The first kappa shape index (κ1) is 36.5. The van der Waals surface area contributed by atoms with Gasteiger partial charge in [-0.3, -0.25) is 0 Å². The van der Waals surface area contributed by atoms with E-state index in [-0.39, 0.29) is 0 Å². The van der Waals surface area contributed by atoms with E-state index in [1.807, 2.05) is 0 Å². The SMILES string of the molecule is c1ccc(-c2ccc(-n3c4cccc5c4c4c3cccc4n5-c3ccc4c5ccccc5n(-c5cccc([Si](c6ccccc6)(c6ccccc6)c6ccccc6)c5)c4c3)cc2)cc1. The summed E-state index contributed by atoms with van der Waals surface area (Å²) in [6, 6.07) is 92.1. The Morgan fingerprint density at radius 3 is 1.20 bits per heavy atom. The maximum atomic E-state index is 2.50. The van der Waals surface area contributed by atoms with E-state index in [0.717, 1.165) is 17.1 Å². The zero-order valence-electron chi connectivity index (χ0n) is 35.0. The van der Waals surface area contributed by atoms with Crippen LogP contribution in [-0.4, -0.2) is 21.8 Å². The molecule has 13 rings (SSSR count). The minimum absolute atomic E-state index is 1.14. The van der Waals surface area contributed by atoms with Crippen molar-refractivity contribution in [3.63, 3.8) is 0 Å². The Hall–Kier alpha value is -8.18. The summed E-state index contributed by atoms with van der Waals surface area (Å²) in [7, 11) is -2.76. The van der Waals surface area contributed by atoms with Gasteiger partial charge in [0, 0.05) is 38.6 Å². The standard InChI is InChI=1S/C60H41N3Si/c1-5-18-42(19-6-1)43-34-36-44(37-35-43)61-54-30-16-32-56-59(54)60-55(61)31-17-33-57(60)63(56)46-38-39-52-51-28-13-14-29-53(51)62(58(52)41-46)45-20-15-27-50(40-45)64(47-21-7-2-8-22-47,48-23-9-3-10-24-48)49-25-11-4-12-26-49/h1-41H. The third kappa shape index (κ3) is 5.33. The number of nitrogens with zero attached hydrogens (tertiary/aromatic N) is 3. The molecule has 0 atom stereocenters. The highest BCUT2D eigenvalue weighted by atomic mass is 28.3. The zero-order valence-corrected chi connectivity index (χ0v) is 36.0. The number of para-hydroxylation sites is 1. The van der Waals surface area contributed by atoms with Gasteiger partial charge in [-0.1, -0.05) is 182 Å². The number of benzene rings is 10. The van der Waals surface area contributed by atoms with Gasteiger partial charge in [0.2, 0.25) is 0 Å². The molecular formula is C60H41N3Si. The second-order valence-electron chi connectivity index (χ2n) is 16.9. The Bertz CT molecular complexity index is 3650. The molecule has 3 heterocycles. The van der Waals surface area contributed by atoms with E-state index in [2.05, 4.69) is 262 Å². The first-order chi connectivity index (χ1) is 31.8. The molecule has 64 heavy (non-hydrogen) atoms. The van der Waals surface area contributed by atoms with Crippen molar-refractivity contribution < 1.29 is 0 Å². The predicted octanol–water partition coefficient (Wildman–Crippen LogP) is 12.3. The van der Waals surface area contributed by atoms with Crippen LogP contribution < -0.4 is 20.7 Å². The van der Waals surface area contributed by atoms with E-state index >= 15 is 0 Å². The molecule has 0 saturated heterocycles. The van der Waals surface area contributed by atoms with Gasteiger partial charge in [0.25, 0.3) is 0 Å². The van der Waals surface area contributed by atoms with Crippen LogP contribution in [-0.2, 0) is 0 Å².